The molecule has 1 unspecified atom stereocenters. The SMILES string of the molecule is O=C(O)c1ccccc1C(=O)N1CCCCCC1CO. The molecule has 1 amide bonds. The Bertz CT molecular complexity index is 500. The van der Waals surface area contributed by atoms with Crippen LogP contribution in [0.2, 0.25) is 0 Å². The van der Waals surface area contributed by atoms with E-state index in [0.717, 1.165) is 25.7 Å². The van der Waals surface area contributed by atoms with Gasteiger partial charge in [0, 0.05) is 6.54 Å². The first-order valence-electron chi connectivity index (χ1n) is 6.89. The number of hydrogen-bond acceptors (Lipinski definition) is 3. The van der Waals surface area contributed by atoms with Crippen LogP contribution in [0.3, 0.4) is 0 Å². The van der Waals surface area contributed by atoms with Crippen LogP contribution in [0.5, 0.6) is 0 Å². The van der Waals surface area contributed by atoms with Gasteiger partial charge in [0.2, 0.25) is 0 Å². The van der Waals surface area contributed by atoms with E-state index in [0.29, 0.717) is 6.54 Å². The Labute approximate surface area is 117 Å². The van der Waals surface area contributed by atoms with Crippen molar-refractivity contribution in [3.05, 3.63) is 35.4 Å². The Balaban J connectivity index is 2.31. The molecule has 0 aliphatic carbocycles. The second-order valence-electron chi connectivity index (χ2n) is 5.04. The lowest BCUT2D eigenvalue weighted by molar-refractivity contribution is 0.0585. The van der Waals surface area contributed by atoms with E-state index >= 15 is 0 Å². The van der Waals surface area contributed by atoms with Gasteiger partial charge in [-0.1, -0.05) is 25.0 Å². The van der Waals surface area contributed by atoms with E-state index in [1.54, 1.807) is 17.0 Å². The first-order valence-corrected chi connectivity index (χ1v) is 6.89. The number of amides is 1. The Hall–Kier alpha value is -1.88. The molecule has 1 atom stereocenters. The molecule has 5 nitrogen and oxygen atoms in total. The van der Waals surface area contributed by atoms with Crippen LogP contribution in [-0.4, -0.2) is 46.2 Å². The molecule has 1 aliphatic heterocycles. The normalized spacial score (nSPS) is 19.4. The Morgan fingerprint density at radius 1 is 1.15 bits per heavy atom. The van der Waals surface area contributed by atoms with Crippen LogP contribution >= 0.6 is 0 Å². The van der Waals surface area contributed by atoms with E-state index in [1.165, 1.54) is 12.1 Å². The monoisotopic (exact) mass is 277 g/mol. The van der Waals surface area contributed by atoms with Gasteiger partial charge in [-0.15, -0.1) is 0 Å². The predicted molar refractivity (Wildman–Crippen MR) is 73.8 cm³/mol. The number of benzene rings is 1. The van der Waals surface area contributed by atoms with Gasteiger partial charge in [0.1, 0.15) is 0 Å². The highest BCUT2D eigenvalue weighted by Gasteiger charge is 2.28. The van der Waals surface area contributed by atoms with Crippen LogP contribution in [0.15, 0.2) is 24.3 Å². The van der Waals surface area contributed by atoms with Crippen molar-refractivity contribution in [2.75, 3.05) is 13.2 Å². The van der Waals surface area contributed by atoms with Gasteiger partial charge in [-0.05, 0) is 25.0 Å². The number of hydrogen-bond donors (Lipinski definition) is 2. The number of likely N-dealkylation sites (tertiary alicyclic amines) is 1. The van der Waals surface area contributed by atoms with E-state index in [-0.39, 0.29) is 29.7 Å². The Kier molecular flexibility index (Phi) is 4.74. The van der Waals surface area contributed by atoms with Gasteiger partial charge in [0.15, 0.2) is 0 Å². The van der Waals surface area contributed by atoms with Gasteiger partial charge in [-0.3, -0.25) is 4.79 Å². The highest BCUT2D eigenvalue weighted by atomic mass is 16.4. The quantitative estimate of drug-likeness (QED) is 0.882. The lowest BCUT2D eigenvalue weighted by Crippen LogP contribution is -2.42. The third-order valence-electron chi connectivity index (χ3n) is 3.74. The fourth-order valence-corrected chi connectivity index (χ4v) is 2.65. The summed E-state index contributed by atoms with van der Waals surface area (Å²) in [5.41, 5.74) is 0.207. The summed E-state index contributed by atoms with van der Waals surface area (Å²) >= 11 is 0. The molecule has 20 heavy (non-hydrogen) atoms. The fourth-order valence-electron chi connectivity index (χ4n) is 2.65. The third kappa shape index (κ3) is 2.99. The Morgan fingerprint density at radius 3 is 2.50 bits per heavy atom. The zero-order valence-corrected chi connectivity index (χ0v) is 11.3. The van der Waals surface area contributed by atoms with E-state index in [1.807, 2.05) is 0 Å². The third-order valence-corrected chi connectivity index (χ3v) is 3.74. The molecule has 1 fully saturated rings. The number of nitrogens with zero attached hydrogens (tertiary/aromatic N) is 1. The van der Waals surface area contributed by atoms with Gasteiger partial charge in [-0.2, -0.15) is 0 Å². The number of aromatic carboxylic acids is 1. The minimum Gasteiger partial charge on any atom is -0.478 e. The number of carboxylic acid groups (broad SMARTS) is 1. The standard InChI is InChI=1S/C15H19NO4/c17-10-11-6-2-1-5-9-16(11)14(18)12-7-3-4-8-13(12)15(19)20/h3-4,7-8,11,17H,1-2,5-6,9-10H2,(H,19,20). The lowest BCUT2D eigenvalue weighted by Gasteiger charge is -2.29. The van der Waals surface area contributed by atoms with Gasteiger partial charge in [0.25, 0.3) is 5.91 Å². The highest BCUT2D eigenvalue weighted by Crippen LogP contribution is 2.20. The maximum absolute atomic E-state index is 12.6. The molecule has 0 radical (unpaired) electrons. The van der Waals surface area contributed by atoms with E-state index in [4.69, 9.17) is 0 Å². The molecule has 2 N–H and O–H groups in total. The molecule has 0 spiro atoms. The first-order chi connectivity index (χ1) is 9.65. The summed E-state index contributed by atoms with van der Waals surface area (Å²) in [6.07, 6.45) is 3.66. The first kappa shape index (κ1) is 14.5. The van der Waals surface area contributed by atoms with E-state index in [9.17, 15) is 19.8 Å². The molecule has 0 aromatic heterocycles. The fraction of sp³-hybridized carbons (Fsp3) is 0.467. The number of carbonyl (C=O) groups is 2. The van der Waals surface area contributed by atoms with E-state index in [2.05, 4.69) is 0 Å². The van der Waals surface area contributed by atoms with Crippen molar-refractivity contribution in [3.8, 4) is 0 Å². The van der Waals surface area contributed by atoms with Crippen LogP contribution in [0.25, 0.3) is 0 Å². The minimum absolute atomic E-state index is 0.0124. The molecule has 1 saturated heterocycles. The molecule has 5 heteroatoms. The van der Waals surface area contributed by atoms with Gasteiger partial charge >= 0.3 is 5.97 Å². The molecule has 0 bridgehead atoms. The van der Waals surface area contributed by atoms with Gasteiger partial charge in [-0.25, -0.2) is 4.79 Å². The smallest absolute Gasteiger partial charge is 0.336 e. The molecule has 0 saturated carbocycles. The summed E-state index contributed by atoms with van der Waals surface area (Å²) in [4.78, 5) is 25.4. The summed E-state index contributed by atoms with van der Waals surface area (Å²) in [6, 6.07) is 6.01. The maximum atomic E-state index is 12.6. The van der Waals surface area contributed by atoms with Crippen molar-refractivity contribution in [1.29, 1.82) is 0 Å². The topological polar surface area (TPSA) is 77.8 Å². The summed E-state index contributed by atoms with van der Waals surface area (Å²) in [5.74, 6) is -1.41. The van der Waals surface area contributed by atoms with Crippen LogP contribution in [0.1, 0.15) is 46.4 Å². The molecule has 2 rings (SSSR count). The second-order valence-corrected chi connectivity index (χ2v) is 5.04. The summed E-state index contributed by atoms with van der Waals surface area (Å²) < 4.78 is 0. The predicted octanol–water partition coefficient (Wildman–Crippen LogP) is 1.76. The molecule has 108 valence electrons. The largest absolute Gasteiger partial charge is 0.478 e. The lowest BCUT2D eigenvalue weighted by atomic mass is 10.0. The molecule has 1 aromatic carbocycles. The van der Waals surface area contributed by atoms with Crippen LogP contribution < -0.4 is 0 Å². The van der Waals surface area contributed by atoms with Crippen LogP contribution in [-0.2, 0) is 0 Å². The molecular formula is C15H19NO4. The summed E-state index contributed by atoms with van der Waals surface area (Å²) in [6.45, 7) is 0.485. The molecular weight excluding hydrogens is 258 g/mol. The van der Waals surface area contributed by atoms with Crippen molar-refractivity contribution in [2.24, 2.45) is 0 Å². The number of aliphatic hydroxyl groups is 1. The average molecular weight is 277 g/mol. The minimum atomic E-state index is -1.11. The molecule has 1 aromatic rings. The van der Waals surface area contributed by atoms with Crippen LogP contribution in [0, 0.1) is 0 Å². The van der Waals surface area contributed by atoms with Gasteiger partial charge in [0.05, 0.1) is 23.8 Å². The zero-order valence-electron chi connectivity index (χ0n) is 11.3. The van der Waals surface area contributed by atoms with Crippen molar-refractivity contribution in [2.45, 2.75) is 31.7 Å². The van der Waals surface area contributed by atoms with Crippen molar-refractivity contribution >= 4 is 11.9 Å². The second kappa shape index (κ2) is 6.52. The Morgan fingerprint density at radius 2 is 1.85 bits per heavy atom. The average Bonchev–Trinajstić information content (AvgIpc) is 2.71. The van der Waals surface area contributed by atoms with Crippen molar-refractivity contribution in [1.82, 2.24) is 4.90 Å². The molecule has 1 aliphatic rings. The van der Waals surface area contributed by atoms with Crippen molar-refractivity contribution < 1.29 is 19.8 Å². The summed E-state index contributed by atoms with van der Waals surface area (Å²) in [5, 5.41) is 18.6. The number of carboxylic acids is 1. The van der Waals surface area contributed by atoms with Gasteiger partial charge < -0.3 is 15.1 Å². The number of rotatable bonds is 3. The maximum Gasteiger partial charge on any atom is 0.336 e. The molecule has 1 heterocycles. The number of aliphatic hydroxyl groups excluding tert-OH is 1. The highest BCUT2D eigenvalue weighted by molar-refractivity contribution is 6.04. The van der Waals surface area contributed by atoms with Crippen LogP contribution in [0.4, 0.5) is 0 Å². The van der Waals surface area contributed by atoms with Crippen molar-refractivity contribution in [3.63, 3.8) is 0 Å². The summed E-state index contributed by atoms with van der Waals surface area (Å²) in [7, 11) is 0. The van der Waals surface area contributed by atoms with E-state index < -0.39 is 5.97 Å². The zero-order chi connectivity index (χ0) is 14.5. The number of carbonyl (C=O) groups excluding carboxylic acids is 1.